The van der Waals surface area contributed by atoms with Crippen LogP contribution in [0, 0.1) is 0 Å². The molecule has 0 aliphatic carbocycles. The van der Waals surface area contributed by atoms with Gasteiger partial charge in [0.15, 0.2) is 0 Å². The van der Waals surface area contributed by atoms with Gasteiger partial charge in [-0.1, -0.05) is 0 Å². The van der Waals surface area contributed by atoms with Crippen molar-refractivity contribution in [1.82, 2.24) is 4.90 Å². The Kier molecular flexibility index (Phi) is 61.3. The smallest absolute Gasteiger partial charge is 0.0558 e. The maximum Gasteiger partial charge on any atom is 0.0558 e. The molecular weight excluding hydrogens is 282 g/mol. The normalized spacial score (nSPS) is 8.00. The van der Waals surface area contributed by atoms with Crippen molar-refractivity contribution in [3.05, 3.63) is 0 Å². The van der Waals surface area contributed by atoms with Crippen LogP contribution in [0.2, 0.25) is 0 Å². The van der Waals surface area contributed by atoms with E-state index in [2.05, 4.69) is 0 Å². The molecule has 0 saturated heterocycles. The van der Waals surface area contributed by atoms with Gasteiger partial charge in [-0.05, 0) is 13.8 Å². The summed E-state index contributed by atoms with van der Waals surface area (Å²) in [5, 5.41) is 33.5. The molecule has 0 amide bonds. The van der Waals surface area contributed by atoms with E-state index in [-0.39, 0.29) is 64.1 Å². The van der Waals surface area contributed by atoms with Crippen molar-refractivity contribution in [2.75, 3.05) is 39.5 Å². The van der Waals surface area contributed by atoms with E-state index in [1.165, 1.54) is 0 Å². The first-order valence-electron chi connectivity index (χ1n) is 4.81. The summed E-state index contributed by atoms with van der Waals surface area (Å²) in [4.78, 5) is 1.79. The molecule has 0 heterocycles. The molecule has 0 saturated carbocycles. The van der Waals surface area contributed by atoms with E-state index in [4.69, 9.17) is 20.4 Å². The van der Waals surface area contributed by atoms with Gasteiger partial charge in [-0.15, -0.1) is 0 Å². The summed E-state index contributed by atoms with van der Waals surface area (Å²) in [6, 6.07) is 0. The molecule has 0 spiro atoms. The summed E-state index contributed by atoms with van der Waals surface area (Å²) in [6.07, 6.45) is -0.167. The second-order valence-corrected chi connectivity index (χ2v) is 3.11. The van der Waals surface area contributed by atoms with E-state index in [1.54, 1.807) is 18.7 Å². The van der Waals surface area contributed by atoms with Crippen molar-refractivity contribution in [2.24, 2.45) is 0 Å². The first-order valence-corrected chi connectivity index (χ1v) is 4.81. The summed E-state index contributed by atoms with van der Waals surface area (Å²) in [6.45, 7) is 5.20. The van der Waals surface area contributed by atoms with Crippen molar-refractivity contribution in [1.29, 1.82) is 0 Å². The van der Waals surface area contributed by atoms with Crippen LogP contribution >= 0.6 is 0 Å². The average Bonchev–Trinajstić information content (AvgIpc) is 2.04. The maximum absolute atomic E-state index is 8.48. The second-order valence-electron chi connectivity index (χ2n) is 3.11. The fourth-order valence-corrected chi connectivity index (χ4v) is 0.760. The van der Waals surface area contributed by atoms with Gasteiger partial charge in [0.05, 0.1) is 19.8 Å². The van der Waals surface area contributed by atoms with Gasteiger partial charge in [-0.2, -0.15) is 0 Å². The minimum Gasteiger partial charge on any atom is -0.870 e. The Balaban J connectivity index is -0.0000000402. The Labute approximate surface area is 123 Å². The number of aliphatic hydroxyl groups is 4. The van der Waals surface area contributed by atoms with E-state index in [0.717, 1.165) is 0 Å². The Morgan fingerprint density at radius 1 is 0.778 bits per heavy atom. The molecule has 0 aromatic carbocycles. The first kappa shape index (κ1) is 36.2. The molecule has 0 aliphatic heterocycles. The van der Waals surface area contributed by atoms with Gasteiger partial charge in [0.2, 0.25) is 0 Å². The largest absolute Gasteiger partial charge is 0.870 e. The number of aliphatic hydroxyl groups excluding tert-OH is 4. The molecule has 0 rings (SSSR count). The van der Waals surface area contributed by atoms with Gasteiger partial charge in [0.25, 0.3) is 0 Å². The zero-order valence-electron chi connectivity index (χ0n) is 10.9. The third-order valence-corrected chi connectivity index (χ3v) is 1.25. The van der Waals surface area contributed by atoms with E-state index in [1.807, 2.05) is 0 Å². The maximum atomic E-state index is 8.48. The van der Waals surface area contributed by atoms with Gasteiger partial charge in [0.1, 0.15) is 0 Å². The van der Waals surface area contributed by atoms with Gasteiger partial charge in [-0.25, -0.2) is 0 Å². The van der Waals surface area contributed by atoms with Gasteiger partial charge in [-0.3, -0.25) is 4.90 Å². The molecule has 0 bridgehead atoms. The number of nitrogens with zero attached hydrogens (tertiary/aromatic N) is 1. The summed E-state index contributed by atoms with van der Waals surface area (Å²) < 4.78 is 0. The first-order chi connectivity index (χ1) is 6.58. The quantitative estimate of drug-likeness (QED) is 0.412. The molecule has 0 unspecified atom stereocenters. The van der Waals surface area contributed by atoms with Crippen molar-refractivity contribution in [3.8, 4) is 0 Å². The van der Waals surface area contributed by atoms with E-state index >= 15 is 0 Å². The minimum atomic E-state index is -0.167. The molecule has 8 nitrogen and oxygen atoms in total. The summed E-state index contributed by atoms with van der Waals surface area (Å²) in [7, 11) is 0. The molecule has 0 radical (unpaired) electrons. The van der Waals surface area contributed by atoms with Crippen molar-refractivity contribution < 1.29 is 58.6 Å². The standard InChI is InChI=1S/C6H15NO3.C3H8O.3H2O.Ti/c8-4-1-7(2-5-9)3-6-10;1-3(2)4;;;;/h8-10H,1-6H2;3-4H,1-2H3;3*1H2;/p-3. The van der Waals surface area contributed by atoms with Crippen LogP contribution in [0.4, 0.5) is 0 Å². The predicted octanol–water partition coefficient (Wildman–Crippen LogP) is -1.88. The third kappa shape index (κ3) is 44.0. The fraction of sp³-hybridized carbons (Fsp3) is 1.00. The molecule has 0 atom stereocenters. The van der Waals surface area contributed by atoms with Crippen LogP contribution in [0.5, 0.6) is 0 Å². The Bertz CT molecular complexity index is 93.9. The van der Waals surface area contributed by atoms with Crippen molar-refractivity contribution in [2.45, 2.75) is 20.0 Å². The third-order valence-electron chi connectivity index (χ3n) is 1.25. The molecule has 0 fully saturated rings. The van der Waals surface area contributed by atoms with Crippen LogP contribution in [0.25, 0.3) is 0 Å². The van der Waals surface area contributed by atoms with Crippen LogP contribution in [0.15, 0.2) is 0 Å². The molecule has 18 heavy (non-hydrogen) atoms. The van der Waals surface area contributed by atoms with Crippen LogP contribution in [-0.2, 0) is 21.7 Å². The number of hydrogen-bond donors (Lipinski definition) is 4. The van der Waals surface area contributed by atoms with Gasteiger partial charge < -0.3 is 36.9 Å². The Morgan fingerprint density at radius 3 is 1.06 bits per heavy atom. The molecule has 0 aromatic rings. The monoisotopic (exact) mass is 308 g/mol. The predicted molar refractivity (Wildman–Crippen MR) is 60.9 cm³/mol. The van der Waals surface area contributed by atoms with Gasteiger partial charge in [0, 0.05) is 47.5 Å². The topological polar surface area (TPSA) is 174 Å². The molecule has 9 heteroatoms. The van der Waals surface area contributed by atoms with E-state index in [0.29, 0.717) is 19.6 Å². The second kappa shape index (κ2) is 30.4. The van der Waals surface area contributed by atoms with Gasteiger partial charge >= 0.3 is 0 Å². The number of hydrogen-bond acceptors (Lipinski definition) is 8. The molecule has 0 aromatic heterocycles. The molecule has 0 aliphatic rings. The Hall–Kier alpha value is 0.394. The molecule has 7 N–H and O–H groups in total. The molecular formula is C9H26NO7Ti-3. The fourth-order valence-electron chi connectivity index (χ4n) is 0.760. The average molecular weight is 308 g/mol. The number of rotatable bonds is 6. The molecule has 116 valence electrons. The Morgan fingerprint density at radius 2 is 0.944 bits per heavy atom. The van der Waals surface area contributed by atoms with Crippen LogP contribution in [0.3, 0.4) is 0 Å². The summed E-state index contributed by atoms with van der Waals surface area (Å²) in [5.41, 5.74) is 0. The van der Waals surface area contributed by atoms with Crippen LogP contribution < -0.4 is 0 Å². The van der Waals surface area contributed by atoms with E-state index in [9.17, 15) is 0 Å². The minimum absolute atomic E-state index is 0. The van der Waals surface area contributed by atoms with Crippen LogP contribution in [-0.4, -0.2) is 87.3 Å². The van der Waals surface area contributed by atoms with Crippen LogP contribution in [0.1, 0.15) is 13.8 Å². The SMILES string of the molecule is CC(C)O.OCCN(CCO)CCO.[OH-].[OH-].[OH-].[Ti]. The van der Waals surface area contributed by atoms with E-state index < -0.39 is 0 Å². The summed E-state index contributed by atoms with van der Waals surface area (Å²) in [5.74, 6) is 0. The zero-order valence-corrected chi connectivity index (χ0v) is 12.5. The van der Waals surface area contributed by atoms with Crippen molar-refractivity contribution in [3.63, 3.8) is 0 Å². The zero-order chi connectivity index (χ0) is 11.4. The van der Waals surface area contributed by atoms with Crippen molar-refractivity contribution >= 4 is 0 Å². The summed E-state index contributed by atoms with van der Waals surface area (Å²) >= 11 is 0.